The normalized spacial score (nSPS) is 18.2. The van der Waals surface area contributed by atoms with Crippen LogP contribution in [0.4, 0.5) is 0 Å². The van der Waals surface area contributed by atoms with E-state index in [1.165, 1.54) is 4.31 Å². The molecule has 1 fully saturated rings. The molecule has 1 heterocycles. The second kappa shape index (κ2) is 8.42. The van der Waals surface area contributed by atoms with E-state index in [9.17, 15) is 13.2 Å². The molecule has 2 aromatic carbocycles. The van der Waals surface area contributed by atoms with Crippen molar-refractivity contribution in [2.45, 2.75) is 36.7 Å². The fraction of sp³-hybridized carbons (Fsp3) is 0.350. The number of amides is 1. The highest BCUT2D eigenvalue weighted by molar-refractivity contribution is 7.89. The molecule has 1 aliphatic heterocycles. The highest BCUT2D eigenvalue weighted by Gasteiger charge is 2.38. The lowest BCUT2D eigenvalue weighted by atomic mass is 10.0. The van der Waals surface area contributed by atoms with Gasteiger partial charge in [0.05, 0.1) is 4.90 Å². The lowest BCUT2D eigenvalue weighted by molar-refractivity contribution is -0.135. The van der Waals surface area contributed by atoms with E-state index < -0.39 is 16.1 Å². The van der Waals surface area contributed by atoms with Crippen LogP contribution in [0.3, 0.4) is 0 Å². The molecule has 0 N–H and O–H groups in total. The molecule has 1 aliphatic rings. The number of hydrogen-bond acceptors (Lipinski definition) is 3. The average Bonchev–Trinajstić information content (AvgIpc) is 2.69. The Morgan fingerprint density at radius 3 is 2.48 bits per heavy atom. The molecule has 2 aromatic rings. The molecule has 0 spiro atoms. The smallest absolute Gasteiger partial charge is 0.243 e. The van der Waals surface area contributed by atoms with Crippen molar-refractivity contribution in [3.63, 3.8) is 0 Å². The number of carbonyl (C=O) groups is 1. The summed E-state index contributed by atoms with van der Waals surface area (Å²) in [4.78, 5) is 14.9. The number of sulfonamides is 1. The molecule has 0 radical (unpaired) electrons. The first-order valence-corrected chi connectivity index (χ1v) is 10.8. The number of piperidine rings is 1. The number of rotatable bonds is 5. The first-order valence-electron chi connectivity index (χ1n) is 8.96. The molecule has 1 saturated heterocycles. The third kappa shape index (κ3) is 4.34. The van der Waals surface area contributed by atoms with E-state index >= 15 is 0 Å². The maximum absolute atomic E-state index is 13.1. The van der Waals surface area contributed by atoms with E-state index in [0.29, 0.717) is 24.5 Å². The highest BCUT2D eigenvalue weighted by atomic mass is 35.5. The molecule has 1 atom stereocenters. The van der Waals surface area contributed by atoms with Crippen molar-refractivity contribution in [2.75, 3.05) is 13.6 Å². The first-order chi connectivity index (χ1) is 12.9. The Morgan fingerprint density at radius 2 is 1.78 bits per heavy atom. The number of likely N-dealkylation sites (N-methyl/N-ethyl adjacent to an activating group) is 1. The molecular formula is C20H23ClN2O3S. The number of nitrogens with zero attached hydrogens (tertiary/aromatic N) is 2. The van der Waals surface area contributed by atoms with Gasteiger partial charge in [-0.05, 0) is 36.6 Å². The van der Waals surface area contributed by atoms with Crippen LogP contribution >= 0.6 is 11.6 Å². The molecule has 3 rings (SSSR count). The number of halogens is 1. The first kappa shape index (κ1) is 19.9. The van der Waals surface area contributed by atoms with E-state index in [4.69, 9.17) is 11.6 Å². The lowest BCUT2D eigenvalue weighted by Crippen LogP contribution is -2.52. The summed E-state index contributed by atoms with van der Waals surface area (Å²) in [5, 5.41) is 0.592. The molecule has 5 nitrogen and oxygen atoms in total. The number of carbonyl (C=O) groups excluding carboxylic acids is 1. The maximum Gasteiger partial charge on any atom is 0.243 e. The molecular weight excluding hydrogens is 384 g/mol. The summed E-state index contributed by atoms with van der Waals surface area (Å²) in [6.07, 6.45) is 2.11. The Balaban J connectivity index is 1.82. The summed E-state index contributed by atoms with van der Waals surface area (Å²) in [6.45, 7) is 0.696. The zero-order valence-corrected chi connectivity index (χ0v) is 16.8. The van der Waals surface area contributed by atoms with Gasteiger partial charge in [-0.1, -0.05) is 54.4 Å². The van der Waals surface area contributed by atoms with Crippen LogP contribution < -0.4 is 0 Å². The van der Waals surface area contributed by atoms with Crippen molar-refractivity contribution in [1.82, 2.24) is 9.21 Å². The standard InChI is InChI=1S/C20H23ClN2O3S/c1-22(15-16-9-5-6-12-18(16)21)20(24)19-13-7-8-14-23(19)27(25,26)17-10-3-2-4-11-17/h2-6,9-12,19H,7-8,13-15H2,1H3. The van der Waals surface area contributed by atoms with Gasteiger partial charge in [0.2, 0.25) is 15.9 Å². The van der Waals surface area contributed by atoms with Crippen LogP contribution in [0.25, 0.3) is 0 Å². The van der Waals surface area contributed by atoms with Crippen LogP contribution in [-0.2, 0) is 21.4 Å². The van der Waals surface area contributed by atoms with Gasteiger partial charge in [-0.25, -0.2) is 8.42 Å². The van der Waals surface area contributed by atoms with Crippen molar-refractivity contribution >= 4 is 27.5 Å². The predicted molar refractivity (Wildman–Crippen MR) is 106 cm³/mol. The molecule has 0 aliphatic carbocycles. The molecule has 27 heavy (non-hydrogen) atoms. The molecule has 1 unspecified atom stereocenters. The second-order valence-corrected chi connectivity index (χ2v) is 9.02. The third-order valence-corrected chi connectivity index (χ3v) is 7.12. The van der Waals surface area contributed by atoms with Crippen LogP contribution in [0.1, 0.15) is 24.8 Å². The van der Waals surface area contributed by atoms with Gasteiger partial charge in [0.1, 0.15) is 6.04 Å². The van der Waals surface area contributed by atoms with E-state index in [0.717, 1.165) is 18.4 Å². The molecule has 7 heteroatoms. The SMILES string of the molecule is CN(Cc1ccccc1Cl)C(=O)C1CCCCN1S(=O)(=O)c1ccccc1. The van der Waals surface area contributed by atoms with Crippen molar-refractivity contribution in [1.29, 1.82) is 0 Å². The zero-order chi connectivity index (χ0) is 19.4. The van der Waals surface area contributed by atoms with Crippen molar-refractivity contribution in [3.8, 4) is 0 Å². The maximum atomic E-state index is 13.1. The van der Waals surface area contributed by atoms with Crippen molar-refractivity contribution in [3.05, 3.63) is 65.2 Å². The number of hydrogen-bond donors (Lipinski definition) is 0. The van der Waals surface area contributed by atoms with Gasteiger partial charge < -0.3 is 4.90 Å². The van der Waals surface area contributed by atoms with Crippen LogP contribution in [0.2, 0.25) is 5.02 Å². The van der Waals surface area contributed by atoms with Crippen molar-refractivity contribution in [2.24, 2.45) is 0 Å². The van der Waals surface area contributed by atoms with Gasteiger partial charge in [-0.15, -0.1) is 0 Å². The minimum Gasteiger partial charge on any atom is -0.340 e. The van der Waals surface area contributed by atoms with Crippen molar-refractivity contribution < 1.29 is 13.2 Å². The van der Waals surface area contributed by atoms with E-state index in [2.05, 4.69) is 0 Å². The molecule has 0 aromatic heterocycles. The fourth-order valence-corrected chi connectivity index (χ4v) is 5.25. The quantitative estimate of drug-likeness (QED) is 0.763. The van der Waals surface area contributed by atoms with Gasteiger partial charge in [0, 0.05) is 25.2 Å². The molecule has 0 bridgehead atoms. The Kier molecular flexibility index (Phi) is 6.19. The highest BCUT2D eigenvalue weighted by Crippen LogP contribution is 2.27. The largest absolute Gasteiger partial charge is 0.340 e. The molecule has 144 valence electrons. The molecule has 1 amide bonds. The van der Waals surface area contributed by atoms with Gasteiger partial charge in [0.25, 0.3) is 0 Å². The van der Waals surface area contributed by atoms with Gasteiger partial charge in [0.15, 0.2) is 0 Å². The van der Waals surface area contributed by atoms with E-state index in [1.54, 1.807) is 48.3 Å². The topological polar surface area (TPSA) is 57.7 Å². The van der Waals surface area contributed by atoms with Crippen LogP contribution in [0.15, 0.2) is 59.5 Å². The fourth-order valence-electron chi connectivity index (χ4n) is 3.38. The van der Waals surface area contributed by atoms with E-state index in [-0.39, 0.29) is 10.8 Å². The van der Waals surface area contributed by atoms with Gasteiger partial charge in [-0.2, -0.15) is 4.31 Å². The summed E-state index contributed by atoms with van der Waals surface area (Å²) in [5.74, 6) is -0.200. The minimum absolute atomic E-state index is 0.200. The summed E-state index contributed by atoms with van der Waals surface area (Å²) >= 11 is 6.20. The van der Waals surface area contributed by atoms with Crippen LogP contribution in [0.5, 0.6) is 0 Å². The summed E-state index contributed by atoms with van der Waals surface area (Å²) in [5.41, 5.74) is 0.836. The Bertz CT molecular complexity index is 902. The Morgan fingerprint density at radius 1 is 1.11 bits per heavy atom. The summed E-state index contributed by atoms with van der Waals surface area (Å²) in [6, 6.07) is 15.0. The summed E-state index contributed by atoms with van der Waals surface area (Å²) in [7, 11) is -2.02. The average molecular weight is 407 g/mol. The van der Waals surface area contributed by atoms with Gasteiger partial charge >= 0.3 is 0 Å². The summed E-state index contributed by atoms with van der Waals surface area (Å²) < 4.78 is 27.5. The predicted octanol–water partition coefficient (Wildman–Crippen LogP) is 3.54. The number of benzene rings is 2. The van der Waals surface area contributed by atoms with E-state index in [1.807, 2.05) is 18.2 Å². The van der Waals surface area contributed by atoms with Gasteiger partial charge in [-0.3, -0.25) is 4.79 Å². The monoisotopic (exact) mass is 406 g/mol. The second-order valence-electron chi connectivity index (χ2n) is 6.73. The Hall–Kier alpha value is -1.89. The minimum atomic E-state index is -3.71. The zero-order valence-electron chi connectivity index (χ0n) is 15.2. The Labute approximate surface area is 165 Å². The van der Waals surface area contributed by atoms with Crippen LogP contribution in [0, 0.1) is 0 Å². The van der Waals surface area contributed by atoms with Crippen LogP contribution in [-0.4, -0.2) is 43.2 Å². The lowest BCUT2D eigenvalue weighted by Gasteiger charge is -2.35. The third-order valence-electron chi connectivity index (χ3n) is 4.83. The molecule has 0 saturated carbocycles.